The number of nitrogens with one attached hydrogen (secondary N) is 2. The lowest BCUT2D eigenvalue weighted by molar-refractivity contribution is -0.117. The molecule has 0 radical (unpaired) electrons. The molecule has 1 aromatic carbocycles. The van der Waals surface area contributed by atoms with Crippen LogP contribution in [0, 0.1) is 19.3 Å². The van der Waals surface area contributed by atoms with Crippen LogP contribution in [0.25, 0.3) is 0 Å². The fourth-order valence-electron chi connectivity index (χ4n) is 1.53. The standard InChI is InChI=1S/C14H17N3O2/c1-4-5-11(15)14(19)17-12-7-6-10(8-9(12)2)13(18)16-3/h1,6-8,11H,5,15H2,2-3H3,(H,16,18)(H,17,19). The number of aryl methyl sites for hydroxylation is 1. The van der Waals surface area contributed by atoms with Crippen LogP contribution < -0.4 is 16.4 Å². The second-order valence-electron chi connectivity index (χ2n) is 4.11. The van der Waals surface area contributed by atoms with Gasteiger partial charge in [-0.05, 0) is 30.7 Å². The van der Waals surface area contributed by atoms with Crippen molar-refractivity contribution in [2.45, 2.75) is 19.4 Å². The molecule has 5 nitrogen and oxygen atoms in total. The van der Waals surface area contributed by atoms with Crippen LogP contribution in [0.4, 0.5) is 5.69 Å². The number of nitrogens with two attached hydrogens (primary N) is 1. The molecule has 19 heavy (non-hydrogen) atoms. The Morgan fingerprint density at radius 2 is 2.16 bits per heavy atom. The van der Waals surface area contributed by atoms with Crippen molar-refractivity contribution in [3.05, 3.63) is 29.3 Å². The molecule has 0 aliphatic rings. The molecule has 0 spiro atoms. The lowest BCUT2D eigenvalue weighted by Crippen LogP contribution is -2.35. The highest BCUT2D eigenvalue weighted by Crippen LogP contribution is 2.16. The first-order chi connectivity index (χ1) is 8.99. The van der Waals surface area contributed by atoms with E-state index in [1.807, 2.05) is 0 Å². The van der Waals surface area contributed by atoms with E-state index >= 15 is 0 Å². The Morgan fingerprint density at radius 3 is 2.68 bits per heavy atom. The monoisotopic (exact) mass is 259 g/mol. The molecular weight excluding hydrogens is 242 g/mol. The van der Waals surface area contributed by atoms with Gasteiger partial charge in [-0.25, -0.2) is 0 Å². The maximum Gasteiger partial charge on any atom is 0.251 e. The molecular formula is C14H17N3O2. The van der Waals surface area contributed by atoms with E-state index < -0.39 is 6.04 Å². The molecule has 1 atom stereocenters. The van der Waals surface area contributed by atoms with Gasteiger partial charge in [0.2, 0.25) is 5.91 Å². The van der Waals surface area contributed by atoms with Gasteiger partial charge in [-0.1, -0.05) is 0 Å². The van der Waals surface area contributed by atoms with Crippen LogP contribution in [0.15, 0.2) is 18.2 Å². The van der Waals surface area contributed by atoms with E-state index in [9.17, 15) is 9.59 Å². The minimum Gasteiger partial charge on any atom is -0.355 e. The molecule has 5 heteroatoms. The van der Waals surface area contributed by atoms with Gasteiger partial charge >= 0.3 is 0 Å². The van der Waals surface area contributed by atoms with Crippen molar-refractivity contribution >= 4 is 17.5 Å². The Bertz CT molecular complexity index is 532. The second-order valence-corrected chi connectivity index (χ2v) is 4.11. The Labute approximate surface area is 112 Å². The summed E-state index contributed by atoms with van der Waals surface area (Å²) in [6.07, 6.45) is 5.29. The summed E-state index contributed by atoms with van der Waals surface area (Å²) >= 11 is 0. The van der Waals surface area contributed by atoms with Crippen molar-refractivity contribution in [1.29, 1.82) is 0 Å². The normalized spacial score (nSPS) is 11.3. The molecule has 0 heterocycles. The molecule has 0 saturated carbocycles. The summed E-state index contributed by atoms with van der Waals surface area (Å²) in [5.41, 5.74) is 7.54. The minimum atomic E-state index is -0.733. The lowest BCUT2D eigenvalue weighted by atomic mass is 10.1. The number of amides is 2. The summed E-state index contributed by atoms with van der Waals surface area (Å²) in [6.45, 7) is 1.80. The zero-order valence-electron chi connectivity index (χ0n) is 11.0. The molecule has 0 aromatic heterocycles. The SMILES string of the molecule is C#CCC(N)C(=O)Nc1ccc(C(=O)NC)cc1C. The second kappa shape index (κ2) is 6.57. The number of anilines is 1. The zero-order chi connectivity index (χ0) is 14.4. The summed E-state index contributed by atoms with van der Waals surface area (Å²) in [7, 11) is 1.56. The first-order valence-corrected chi connectivity index (χ1v) is 5.82. The summed E-state index contributed by atoms with van der Waals surface area (Å²) in [5, 5.41) is 5.22. The Morgan fingerprint density at radius 1 is 1.47 bits per heavy atom. The number of carbonyl (C=O) groups excluding carboxylic acids is 2. The molecule has 0 fully saturated rings. The minimum absolute atomic E-state index is 0.176. The molecule has 0 saturated heterocycles. The molecule has 0 aliphatic heterocycles. The van der Waals surface area contributed by atoms with Gasteiger partial charge in [0.15, 0.2) is 0 Å². The highest BCUT2D eigenvalue weighted by molar-refractivity contribution is 5.97. The van der Waals surface area contributed by atoms with E-state index in [-0.39, 0.29) is 18.2 Å². The number of hydrogen-bond acceptors (Lipinski definition) is 3. The van der Waals surface area contributed by atoms with Crippen molar-refractivity contribution in [2.75, 3.05) is 12.4 Å². The van der Waals surface area contributed by atoms with E-state index in [2.05, 4.69) is 16.6 Å². The van der Waals surface area contributed by atoms with Crippen molar-refractivity contribution < 1.29 is 9.59 Å². The number of benzene rings is 1. The van der Waals surface area contributed by atoms with Crippen LogP contribution in [-0.2, 0) is 4.79 Å². The predicted molar refractivity (Wildman–Crippen MR) is 74.6 cm³/mol. The van der Waals surface area contributed by atoms with Crippen LogP contribution in [0.2, 0.25) is 0 Å². The topological polar surface area (TPSA) is 84.2 Å². The average Bonchev–Trinajstić information content (AvgIpc) is 2.40. The van der Waals surface area contributed by atoms with Crippen LogP contribution in [0.5, 0.6) is 0 Å². The van der Waals surface area contributed by atoms with Gasteiger partial charge in [0, 0.05) is 24.7 Å². The van der Waals surface area contributed by atoms with Gasteiger partial charge in [-0.3, -0.25) is 9.59 Å². The van der Waals surface area contributed by atoms with Crippen molar-refractivity contribution in [1.82, 2.24) is 5.32 Å². The molecule has 4 N–H and O–H groups in total. The van der Waals surface area contributed by atoms with Crippen LogP contribution in [-0.4, -0.2) is 24.9 Å². The Kier molecular flexibility index (Phi) is 5.10. The summed E-state index contributed by atoms with van der Waals surface area (Å²) in [6, 6.07) is 4.26. The number of rotatable bonds is 4. The van der Waals surface area contributed by atoms with Gasteiger partial charge in [-0.2, -0.15) is 0 Å². The van der Waals surface area contributed by atoms with E-state index in [1.165, 1.54) is 0 Å². The van der Waals surface area contributed by atoms with Gasteiger partial charge in [0.1, 0.15) is 0 Å². The fourth-order valence-corrected chi connectivity index (χ4v) is 1.53. The third-order valence-corrected chi connectivity index (χ3v) is 2.65. The highest BCUT2D eigenvalue weighted by atomic mass is 16.2. The third kappa shape index (κ3) is 3.83. The summed E-state index contributed by atoms with van der Waals surface area (Å²) in [4.78, 5) is 23.2. The van der Waals surface area contributed by atoms with Crippen LogP contribution >= 0.6 is 0 Å². The van der Waals surface area contributed by atoms with Crippen molar-refractivity contribution in [3.63, 3.8) is 0 Å². The Balaban J connectivity index is 2.84. The largest absolute Gasteiger partial charge is 0.355 e. The van der Waals surface area contributed by atoms with E-state index in [0.29, 0.717) is 11.3 Å². The number of carbonyl (C=O) groups is 2. The summed E-state index contributed by atoms with van der Waals surface area (Å²) in [5.74, 6) is 1.83. The predicted octanol–water partition coefficient (Wildman–Crippen LogP) is 0.644. The van der Waals surface area contributed by atoms with E-state index in [4.69, 9.17) is 12.2 Å². The highest BCUT2D eigenvalue weighted by Gasteiger charge is 2.14. The number of hydrogen-bond donors (Lipinski definition) is 3. The first kappa shape index (κ1) is 14.7. The van der Waals surface area contributed by atoms with Crippen molar-refractivity contribution in [2.24, 2.45) is 5.73 Å². The zero-order valence-corrected chi connectivity index (χ0v) is 11.0. The van der Waals surface area contributed by atoms with Crippen LogP contribution in [0.1, 0.15) is 22.3 Å². The summed E-state index contributed by atoms with van der Waals surface area (Å²) < 4.78 is 0. The van der Waals surface area contributed by atoms with E-state index in [1.54, 1.807) is 32.2 Å². The fraction of sp³-hybridized carbons (Fsp3) is 0.286. The smallest absolute Gasteiger partial charge is 0.251 e. The van der Waals surface area contributed by atoms with Gasteiger partial charge in [0.05, 0.1) is 6.04 Å². The van der Waals surface area contributed by atoms with Gasteiger partial charge in [0.25, 0.3) is 5.91 Å². The molecule has 0 aliphatic carbocycles. The van der Waals surface area contributed by atoms with Gasteiger partial charge in [-0.15, -0.1) is 12.3 Å². The molecule has 0 bridgehead atoms. The molecule has 1 unspecified atom stereocenters. The Hall–Kier alpha value is -2.32. The average molecular weight is 259 g/mol. The van der Waals surface area contributed by atoms with Gasteiger partial charge < -0.3 is 16.4 Å². The van der Waals surface area contributed by atoms with Crippen molar-refractivity contribution in [3.8, 4) is 12.3 Å². The third-order valence-electron chi connectivity index (χ3n) is 2.65. The maximum absolute atomic E-state index is 11.7. The molecule has 2 amide bonds. The maximum atomic E-state index is 11.7. The first-order valence-electron chi connectivity index (χ1n) is 5.82. The quantitative estimate of drug-likeness (QED) is 0.694. The van der Waals surface area contributed by atoms with E-state index in [0.717, 1.165) is 5.56 Å². The number of terminal acetylenes is 1. The lowest BCUT2D eigenvalue weighted by Gasteiger charge is -2.12. The van der Waals surface area contributed by atoms with Crippen LogP contribution in [0.3, 0.4) is 0 Å². The molecule has 1 aromatic rings. The molecule has 100 valence electrons. The molecule has 1 rings (SSSR count).